The fourth-order valence-corrected chi connectivity index (χ4v) is 3.01. The predicted octanol–water partition coefficient (Wildman–Crippen LogP) is 2.78. The summed E-state index contributed by atoms with van der Waals surface area (Å²) in [6.45, 7) is 6.56. The van der Waals surface area contributed by atoms with Crippen LogP contribution in [0, 0.1) is 6.92 Å². The average Bonchev–Trinajstić information content (AvgIpc) is 2.79. The van der Waals surface area contributed by atoms with E-state index in [2.05, 4.69) is 10.6 Å². The number of hydrogen-bond acceptors (Lipinski definition) is 5. The fourth-order valence-electron chi connectivity index (χ4n) is 3.01. The molecule has 0 fully saturated rings. The highest BCUT2D eigenvalue weighted by molar-refractivity contribution is 5.97. The van der Waals surface area contributed by atoms with E-state index in [9.17, 15) is 19.2 Å². The van der Waals surface area contributed by atoms with Crippen molar-refractivity contribution in [3.8, 4) is 0 Å². The third kappa shape index (κ3) is 7.23. The van der Waals surface area contributed by atoms with E-state index >= 15 is 0 Å². The highest BCUT2D eigenvalue weighted by Gasteiger charge is 2.13. The fraction of sp³-hybridized carbons (Fsp3) is 0.333. The van der Waals surface area contributed by atoms with Crippen molar-refractivity contribution < 1.29 is 23.9 Å². The van der Waals surface area contributed by atoms with Crippen LogP contribution in [-0.4, -0.2) is 54.8 Å². The summed E-state index contributed by atoms with van der Waals surface area (Å²) < 4.78 is 4.95. The van der Waals surface area contributed by atoms with Crippen molar-refractivity contribution in [2.75, 3.05) is 31.6 Å². The Balaban J connectivity index is 1.72. The van der Waals surface area contributed by atoms with Crippen LogP contribution in [0.2, 0.25) is 0 Å². The first-order valence-corrected chi connectivity index (χ1v) is 10.5. The van der Waals surface area contributed by atoms with E-state index in [4.69, 9.17) is 4.74 Å². The molecule has 2 aromatic rings. The van der Waals surface area contributed by atoms with Gasteiger partial charge in [0.1, 0.15) is 0 Å². The first-order chi connectivity index (χ1) is 15.3. The Labute approximate surface area is 187 Å². The molecule has 0 saturated heterocycles. The third-order valence-electron chi connectivity index (χ3n) is 4.83. The topological polar surface area (TPSA) is 105 Å². The molecule has 8 nitrogen and oxygen atoms in total. The van der Waals surface area contributed by atoms with Gasteiger partial charge in [0.2, 0.25) is 0 Å². The number of hydrogen-bond donors (Lipinski definition) is 2. The Kier molecular flexibility index (Phi) is 9.41. The lowest BCUT2D eigenvalue weighted by molar-refractivity contribution is -0.147. The lowest BCUT2D eigenvalue weighted by atomic mass is 10.1. The second-order valence-electron chi connectivity index (χ2n) is 7.08. The smallest absolute Gasteiger partial charge is 0.308 e. The molecular formula is C24H29N3O5. The van der Waals surface area contributed by atoms with Crippen LogP contribution in [0.5, 0.6) is 0 Å². The number of esters is 1. The van der Waals surface area contributed by atoms with Crippen molar-refractivity contribution in [2.45, 2.75) is 27.2 Å². The second kappa shape index (κ2) is 12.2. The predicted molar refractivity (Wildman–Crippen MR) is 121 cm³/mol. The van der Waals surface area contributed by atoms with Crippen LogP contribution in [0.25, 0.3) is 0 Å². The van der Waals surface area contributed by atoms with Crippen LogP contribution in [0.3, 0.4) is 0 Å². The van der Waals surface area contributed by atoms with Gasteiger partial charge in [-0.3, -0.25) is 19.2 Å². The summed E-state index contributed by atoms with van der Waals surface area (Å²) in [7, 11) is 0. The summed E-state index contributed by atoms with van der Waals surface area (Å²) in [5.41, 5.74) is 2.42. The Hall–Kier alpha value is -3.68. The Bertz CT molecular complexity index is 952. The van der Waals surface area contributed by atoms with Crippen LogP contribution in [0.1, 0.15) is 46.5 Å². The number of benzene rings is 2. The number of nitrogens with zero attached hydrogens (tertiary/aromatic N) is 1. The number of rotatable bonds is 10. The van der Waals surface area contributed by atoms with Gasteiger partial charge in [-0.2, -0.15) is 0 Å². The average molecular weight is 440 g/mol. The molecule has 2 aromatic carbocycles. The van der Waals surface area contributed by atoms with Crippen molar-refractivity contribution in [3.05, 3.63) is 65.2 Å². The van der Waals surface area contributed by atoms with E-state index in [0.717, 1.165) is 5.56 Å². The van der Waals surface area contributed by atoms with Gasteiger partial charge in [0.25, 0.3) is 17.7 Å². The molecule has 170 valence electrons. The van der Waals surface area contributed by atoms with Crippen molar-refractivity contribution in [2.24, 2.45) is 0 Å². The number of ether oxygens (including phenoxy) is 1. The van der Waals surface area contributed by atoms with Gasteiger partial charge in [-0.05, 0) is 56.7 Å². The zero-order valence-electron chi connectivity index (χ0n) is 18.6. The number of anilines is 1. The molecule has 2 N–H and O–H groups in total. The van der Waals surface area contributed by atoms with E-state index in [1.54, 1.807) is 41.3 Å². The molecule has 2 rings (SSSR count). The molecule has 0 heterocycles. The number of aryl methyl sites for hydroxylation is 1. The molecule has 0 aromatic heterocycles. The molecule has 0 saturated carbocycles. The van der Waals surface area contributed by atoms with E-state index in [0.29, 0.717) is 29.9 Å². The standard InChI is InChI=1S/C24H29N3O5/c1-4-27(5-2)24(31)18-10-12-19(13-11-18)26-21(28)16-32-22(29)14-15-25-23(30)20-9-7-6-8-17(20)3/h6-13H,4-5,14-16H2,1-3H3,(H,25,30)(H,26,28). The largest absolute Gasteiger partial charge is 0.456 e. The first-order valence-electron chi connectivity index (χ1n) is 10.5. The number of amides is 3. The number of carbonyl (C=O) groups excluding carboxylic acids is 4. The van der Waals surface area contributed by atoms with E-state index < -0.39 is 18.5 Å². The zero-order chi connectivity index (χ0) is 23.5. The zero-order valence-corrected chi connectivity index (χ0v) is 18.6. The quantitative estimate of drug-likeness (QED) is 0.554. The molecule has 0 unspecified atom stereocenters. The normalized spacial score (nSPS) is 10.2. The molecule has 3 amide bonds. The molecule has 0 aliphatic rings. The molecule has 0 atom stereocenters. The molecule has 8 heteroatoms. The van der Waals surface area contributed by atoms with Gasteiger partial charge in [-0.15, -0.1) is 0 Å². The lowest BCUT2D eigenvalue weighted by Crippen LogP contribution is -2.30. The summed E-state index contributed by atoms with van der Waals surface area (Å²) >= 11 is 0. The molecule has 0 bridgehead atoms. The molecule has 0 spiro atoms. The van der Waals surface area contributed by atoms with Gasteiger partial charge < -0.3 is 20.3 Å². The monoisotopic (exact) mass is 439 g/mol. The first kappa shape index (κ1) is 24.6. The summed E-state index contributed by atoms with van der Waals surface area (Å²) in [4.78, 5) is 49.9. The Morgan fingerprint density at radius 3 is 2.22 bits per heavy atom. The minimum atomic E-state index is -0.592. The van der Waals surface area contributed by atoms with Crippen molar-refractivity contribution in [1.82, 2.24) is 10.2 Å². The van der Waals surface area contributed by atoms with Gasteiger partial charge in [-0.1, -0.05) is 18.2 Å². The summed E-state index contributed by atoms with van der Waals surface area (Å²) in [6, 6.07) is 13.7. The van der Waals surface area contributed by atoms with Crippen LogP contribution in [-0.2, 0) is 14.3 Å². The Morgan fingerprint density at radius 2 is 1.59 bits per heavy atom. The van der Waals surface area contributed by atoms with E-state index in [-0.39, 0.29) is 24.8 Å². The SMILES string of the molecule is CCN(CC)C(=O)c1ccc(NC(=O)COC(=O)CCNC(=O)c2ccccc2C)cc1. The van der Waals surface area contributed by atoms with Crippen molar-refractivity contribution in [1.29, 1.82) is 0 Å². The Morgan fingerprint density at radius 1 is 0.938 bits per heavy atom. The maximum atomic E-state index is 12.3. The van der Waals surface area contributed by atoms with Crippen LogP contribution in [0.4, 0.5) is 5.69 Å². The third-order valence-corrected chi connectivity index (χ3v) is 4.83. The molecule has 32 heavy (non-hydrogen) atoms. The van der Waals surface area contributed by atoms with Crippen molar-refractivity contribution >= 4 is 29.4 Å². The van der Waals surface area contributed by atoms with Gasteiger partial charge in [0.15, 0.2) is 6.61 Å². The van der Waals surface area contributed by atoms with Crippen molar-refractivity contribution in [3.63, 3.8) is 0 Å². The van der Waals surface area contributed by atoms with E-state index in [1.807, 2.05) is 32.9 Å². The van der Waals surface area contributed by atoms with Crippen LogP contribution >= 0.6 is 0 Å². The number of nitrogens with one attached hydrogen (secondary N) is 2. The number of carbonyl (C=O) groups is 4. The summed E-state index contributed by atoms with van der Waals surface area (Å²) in [5, 5.41) is 5.27. The molecule has 0 aliphatic heterocycles. The van der Waals surface area contributed by atoms with Gasteiger partial charge in [0, 0.05) is 36.4 Å². The lowest BCUT2D eigenvalue weighted by Gasteiger charge is -2.18. The summed E-state index contributed by atoms with van der Waals surface area (Å²) in [5.74, 6) is -1.43. The minimum Gasteiger partial charge on any atom is -0.456 e. The molecule has 0 radical (unpaired) electrons. The van der Waals surface area contributed by atoms with Crippen LogP contribution < -0.4 is 10.6 Å². The highest BCUT2D eigenvalue weighted by Crippen LogP contribution is 2.12. The highest BCUT2D eigenvalue weighted by atomic mass is 16.5. The van der Waals surface area contributed by atoms with Crippen LogP contribution in [0.15, 0.2) is 48.5 Å². The maximum absolute atomic E-state index is 12.3. The van der Waals surface area contributed by atoms with Gasteiger partial charge >= 0.3 is 5.97 Å². The second-order valence-corrected chi connectivity index (χ2v) is 7.08. The van der Waals surface area contributed by atoms with Gasteiger partial charge in [-0.25, -0.2) is 0 Å². The molecule has 0 aliphatic carbocycles. The van der Waals surface area contributed by atoms with E-state index in [1.165, 1.54) is 0 Å². The minimum absolute atomic E-state index is 0.0485. The molecular weight excluding hydrogens is 410 g/mol. The van der Waals surface area contributed by atoms with Gasteiger partial charge in [0.05, 0.1) is 6.42 Å². The summed E-state index contributed by atoms with van der Waals surface area (Å²) in [6.07, 6.45) is -0.0485. The maximum Gasteiger partial charge on any atom is 0.308 e.